The first-order chi connectivity index (χ1) is 15.4. The Labute approximate surface area is 195 Å². The maximum Gasteiger partial charge on any atom is 0.250 e. The summed E-state index contributed by atoms with van der Waals surface area (Å²) in [6.45, 7) is 7.74. The van der Waals surface area contributed by atoms with Crippen molar-refractivity contribution in [2.24, 2.45) is 0 Å². The summed E-state index contributed by atoms with van der Waals surface area (Å²) in [6.07, 6.45) is 4.74. The number of ether oxygens (including phenoxy) is 1. The van der Waals surface area contributed by atoms with Gasteiger partial charge < -0.3 is 14.5 Å². The Kier molecular flexibility index (Phi) is 7.54. The lowest BCUT2D eigenvalue weighted by atomic mass is 9.84. The van der Waals surface area contributed by atoms with E-state index in [1.54, 1.807) is 0 Å². The lowest BCUT2D eigenvalue weighted by molar-refractivity contribution is -0.145. The molecular weight excluding hydrogens is 426 g/mol. The number of halogens is 1. The Hall–Kier alpha value is -1.89. The molecule has 32 heavy (non-hydrogen) atoms. The fraction of sp³-hybridized carbons (Fsp3) is 0.600. The first-order valence-corrected chi connectivity index (χ1v) is 12.2. The van der Waals surface area contributed by atoms with Crippen LogP contribution in [0.3, 0.4) is 0 Å². The van der Waals surface area contributed by atoms with Crippen molar-refractivity contribution < 1.29 is 13.9 Å². The van der Waals surface area contributed by atoms with Gasteiger partial charge in [-0.3, -0.25) is 9.69 Å². The summed E-state index contributed by atoms with van der Waals surface area (Å²) in [4.78, 5) is 19.7. The Balaban J connectivity index is 1.45. The minimum atomic E-state index is -0.411. The van der Waals surface area contributed by atoms with Crippen molar-refractivity contribution in [2.75, 3.05) is 19.7 Å². The molecule has 4 rings (SSSR count). The standard InChI is InChI=1S/C25H34ClN3O3/c1-4-27-24(30)23-14-29(22(15-31-23)13-18-5-9-20(26)10-6-18)21-11-7-19(8-12-21)25-28-16(2)17(3)32-25/h5-6,9-10,19,21-23H,4,7-8,11-15H2,1-3H3,(H,27,30). The molecule has 0 radical (unpaired) electrons. The summed E-state index contributed by atoms with van der Waals surface area (Å²) in [5.74, 6) is 2.18. The van der Waals surface area contributed by atoms with Crippen molar-refractivity contribution in [3.63, 3.8) is 0 Å². The number of rotatable bonds is 6. The molecular formula is C25H34ClN3O3. The number of oxazole rings is 1. The molecule has 174 valence electrons. The molecule has 2 aliphatic rings. The third-order valence-corrected chi connectivity index (χ3v) is 7.18. The molecule has 1 N–H and O–H groups in total. The van der Waals surface area contributed by atoms with Crippen molar-refractivity contribution in [2.45, 2.75) is 77.0 Å². The number of nitrogens with zero attached hydrogens (tertiary/aromatic N) is 2. The number of amides is 1. The van der Waals surface area contributed by atoms with E-state index in [0.29, 0.717) is 31.7 Å². The molecule has 6 nitrogen and oxygen atoms in total. The summed E-state index contributed by atoms with van der Waals surface area (Å²) in [6, 6.07) is 8.72. The quantitative estimate of drug-likeness (QED) is 0.692. The second-order valence-corrected chi connectivity index (χ2v) is 9.53. The first-order valence-electron chi connectivity index (χ1n) is 11.8. The zero-order chi connectivity index (χ0) is 22.7. The van der Waals surface area contributed by atoms with Gasteiger partial charge in [-0.15, -0.1) is 0 Å². The van der Waals surface area contributed by atoms with Crippen LogP contribution in [-0.2, 0) is 16.0 Å². The van der Waals surface area contributed by atoms with E-state index < -0.39 is 6.10 Å². The molecule has 2 atom stereocenters. The van der Waals surface area contributed by atoms with E-state index in [1.165, 1.54) is 5.56 Å². The third kappa shape index (κ3) is 5.36. The van der Waals surface area contributed by atoms with Crippen LogP contribution in [0, 0.1) is 13.8 Å². The minimum Gasteiger partial charge on any atom is -0.445 e. The Bertz CT molecular complexity index is 886. The number of morpholine rings is 1. The number of aromatic nitrogens is 1. The molecule has 1 amide bonds. The molecule has 2 unspecified atom stereocenters. The molecule has 1 saturated carbocycles. The molecule has 2 heterocycles. The number of benzene rings is 1. The Morgan fingerprint density at radius 2 is 1.91 bits per heavy atom. The molecule has 1 aromatic heterocycles. The molecule has 2 aromatic rings. The fourth-order valence-electron chi connectivity index (χ4n) is 5.01. The van der Waals surface area contributed by atoms with Gasteiger partial charge in [0.25, 0.3) is 0 Å². The second kappa shape index (κ2) is 10.4. The highest BCUT2D eigenvalue weighted by Crippen LogP contribution is 2.36. The molecule has 0 bridgehead atoms. The average Bonchev–Trinajstić information content (AvgIpc) is 3.14. The van der Waals surface area contributed by atoms with E-state index in [-0.39, 0.29) is 11.9 Å². The van der Waals surface area contributed by atoms with E-state index in [0.717, 1.165) is 54.5 Å². The number of hydrogen-bond donors (Lipinski definition) is 1. The zero-order valence-corrected chi connectivity index (χ0v) is 20.0. The SMILES string of the molecule is CCNC(=O)C1CN(C2CCC(c3nc(C)c(C)o3)CC2)C(Cc2ccc(Cl)cc2)CO1. The van der Waals surface area contributed by atoms with Gasteiger partial charge in [0.2, 0.25) is 5.91 Å². The molecule has 2 fully saturated rings. The Morgan fingerprint density at radius 3 is 2.53 bits per heavy atom. The van der Waals surface area contributed by atoms with Crippen LogP contribution in [0.4, 0.5) is 0 Å². The topological polar surface area (TPSA) is 67.6 Å². The fourth-order valence-corrected chi connectivity index (χ4v) is 5.13. The number of hydrogen-bond acceptors (Lipinski definition) is 5. The monoisotopic (exact) mass is 459 g/mol. The normalized spacial score (nSPS) is 26.8. The van der Waals surface area contributed by atoms with Crippen molar-refractivity contribution >= 4 is 17.5 Å². The number of likely N-dealkylation sites (N-methyl/N-ethyl adjacent to an activating group) is 1. The maximum atomic E-state index is 12.5. The summed E-state index contributed by atoms with van der Waals surface area (Å²) >= 11 is 6.07. The highest BCUT2D eigenvalue weighted by atomic mass is 35.5. The Morgan fingerprint density at radius 1 is 1.19 bits per heavy atom. The van der Waals surface area contributed by atoms with Gasteiger partial charge in [0.1, 0.15) is 11.9 Å². The van der Waals surface area contributed by atoms with Crippen LogP contribution in [0.5, 0.6) is 0 Å². The highest BCUT2D eigenvalue weighted by molar-refractivity contribution is 6.30. The first kappa shape index (κ1) is 23.3. The van der Waals surface area contributed by atoms with E-state index in [1.807, 2.05) is 32.9 Å². The predicted molar refractivity (Wildman–Crippen MR) is 125 cm³/mol. The van der Waals surface area contributed by atoms with E-state index in [4.69, 9.17) is 20.8 Å². The maximum absolute atomic E-state index is 12.5. The molecule has 1 aliphatic heterocycles. The molecule has 0 spiro atoms. The van der Waals surface area contributed by atoms with Gasteiger partial charge in [-0.05, 0) is 70.6 Å². The lowest BCUT2D eigenvalue weighted by Gasteiger charge is -2.45. The number of aryl methyl sites for hydroxylation is 2. The van der Waals surface area contributed by atoms with Crippen LogP contribution in [-0.4, -0.2) is 53.7 Å². The van der Waals surface area contributed by atoms with Crippen LogP contribution < -0.4 is 5.32 Å². The average molecular weight is 460 g/mol. The number of carbonyl (C=O) groups excluding carboxylic acids is 1. The van der Waals surface area contributed by atoms with Crippen LogP contribution in [0.1, 0.15) is 61.4 Å². The summed E-state index contributed by atoms with van der Waals surface area (Å²) in [5, 5.41) is 3.67. The van der Waals surface area contributed by atoms with Crippen molar-refractivity contribution in [1.29, 1.82) is 0 Å². The van der Waals surface area contributed by atoms with Crippen LogP contribution in [0.15, 0.2) is 28.7 Å². The molecule has 1 saturated heterocycles. The summed E-state index contributed by atoms with van der Waals surface area (Å²) < 4.78 is 11.9. The van der Waals surface area contributed by atoms with Crippen LogP contribution in [0.2, 0.25) is 5.02 Å². The van der Waals surface area contributed by atoms with Gasteiger partial charge in [0, 0.05) is 36.1 Å². The van der Waals surface area contributed by atoms with Gasteiger partial charge in [-0.25, -0.2) is 4.98 Å². The summed E-state index contributed by atoms with van der Waals surface area (Å²) in [7, 11) is 0. The molecule has 1 aromatic carbocycles. The van der Waals surface area contributed by atoms with Crippen molar-refractivity contribution in [3.8, 4) is 0 Å². The molecule has 1 aliphatic carbocycles. The lowest BCUT2D eigenvalue weighted by Crippen LogP contribution is -2.58. The van der Waals surface area contributed by atoms with E-state index in [2.05, 4.69) is 27.3 Å². The van der Waals surface area contributed by atoms with Gasteiger partial charge in [-0.2, -0.15) is 0 Å². The van der Waals surface area contributed by atoms with Gasteiger partial charge in [-0.1, -0.05) is 23.7 Å². The van der Waals surface area contributed by atoms with Crippen LogP contribution in [0.25, 0.3) is 0 Å². The van der Waals surface area contributed by atoms with E-state index >= 15 is 0 Å². The molecule has 7 heteroatoms. The van der Waals surface area contributed by atoms with Gasteiger partial charge in [0.05, 0.1) is 12.3 Å². The smallest absolute Gasteiger partial charge is 0.250 e. The van der Waals surface area contributed by atoms with Crippen molar-refractivity contribution in [1.82, 2.24) is 15.2 Å². The number of carbonyl (C=O) groups is 1. The number of nitrogens with one attached hydrogen (secondary N) is 1. The second-order valence-electron chi connectivity index (χ2n) is 9.10. The minimum absolute atomic E-state index is 0.0122. The summed E-state index contributed by atoms with van der Waals surface area (Å²) in [5.41, 5.74) is 2.23. The largest absolute Gasteiger partial charge is 0.445 e. The van der Waals surface area contributed by atoms with Crippen molar-refractivity contribution in [3.05, 3.63) is 52.2 Å². The third-order valence-electron chi connectivity index (χ3n) is 6.92. The van der Waals surface area contributed by atoms with E-state index in [9.17, 15) is 4.79 Å². The zero-order valence-electron chi connectivity index (χ0n) is 19.3. The van der Waals surface area contributed by atoms with Gasteiger partial charge >= 0.3 is 0 Å². The predicted octanol–water partition coefficient (Wildman–Crippen LogP) is 4.42. The van der Waals surface area contributed by atoms with Gasteiger partial charge in [0.15, 0.2) is 5.89 Å². The highest BCUT2D eigenvalue weighted by Gasteiger charge is 2.38. The van der Waals surface area contributed by atoms with Crippen LogP contribution >= 0.6 is 11.6 Å².